The first-order valence-corrected chi connectivity index (χ1v) is 8.10. The first-order chi connectivity index (χ1) is 11.3. The van der Waals surface area contributed by atoms with Gasteiger partial charge in [0, 0.05) is 19.5 Å². The highest BCUT2D eigenvalue weighted by Gasteiger charge is 2.33. The Morgan fingerprint density at radius 3 is 2.67 bits per heavy atom. The summed E-state index contributed by atoms with van der Waals surface area (Å²) < 4.78 is 38.7. The van der Waals surface area contributed by atoms with Gasteiger partial charge < -0.3 is 15.3 Å². The molecule has 2 unspecified atom stereocenters. The van der Waals surface area contributed by atoms with Crippen LogP contribution < -0.4 is 5.32 Å². The van der Waals surface area contributed by atoms with Gasteiger partial charge in [0.2, 0.25) is 5.91 Å². The number of anilines is 1. The summed E-state index contributed by atoms with van der Waals surface area (Å²) in [5, 5.41) is 12.1. The summed E-state index contributed by atoms with van der Waals surface area (Å²) in [7, 11) is 1.85. The molecule has 0 aliphatic heterocycles. The molecule has 134 valence electrons. The Labute approximate surface area is 139 Å². The van der Waals surface area contributed by atoms with E-state index >= 15 is 0 Å². The molecular weight excluding hydrogens is 321 g/mol. The second-order valence-electron chi connectivity index (χ2n) is 6.36. The Kier molecular flexibility index (Phi) is 6.23. The molecule has 1 fully saturated rings. The van der Waals surface area contributed by atoms with Crippen LogP contribution in [-0.4, -0.2) is 42.2 Å². The molecule has 0 aromatic heterocycles. The second kappa shape index (κ2) is 7.98. The zero-order chi connectivity index (χ0) is 17.7. The minimum atomic E-state index is -4.50. The maximum Gasteiger partial charge on any atom is 0.418 e. The predicted octanol–water partition coefficient (Wildman–Crippen LogP) is 3.13. The third-order valence-corrected chi connectivity index (χ3v) is 4.39. The van der Waals surface area contributed by atoms with Crippen molar-refractivity contribution in [1.29, 1.82) is 0 Å². The number of rotatable bonds is 6. The number of nitrogens with zero attached hydrogens (tertiary/aromatic N) is 1. The van der Waals surface area contributed by atoms with E-state index in [1.807, 2.05) is 11.9 Å². The maximum atomic E-state index is 12.9. The summed E-state index contributed by atoms with van der Waals surface area (Å²) in [6.07, 6.45) is -1.90. The lowest BCUT2D eigenvalue weighted by molar-refractivity contribution is -0.137. The second-order valence-corrected chi connectivity index (χ2v) is 6.36. The van der Waals surface area contributed by atoms with Crippen molar-refractivity contribution in [2.75, 3.05) is 25.5 Å². The monoisotopic (exact) mass is 344 g/mol. The van der Waals surface area contributed by atoms with Gasteiger partial charge in [-0.3, -0.25) is 4.79 Å². The van der Waals surface area contributed by atoms with Crippen LogP contribution in [-0.2, 0) is 11.0 Å². The molecule has 0 spiro atoms. The van der Waals surface area contributed by atoms with Crippen molar-refractivity contribution in [2.45, 2.75) is 38.0 Å². The van der Waals surface area contributed by atoms with Gasteiger partial charge in [-0.05, 0) is 37.9 Å². The number of aliphatic hydroxyl groups excluding tert-OH is 1. The van der Waals surface area contributed by atoms with E-state index in [0.717, 1.165) is 25.3 Å². The topological polar surface area (TPSA) is 52.6 Å². The average Bonchev–Trinajstić information content (AvgIpc) is 2.90. The Balaban J connectivity index is 1.83. The Morgan fingerprint density at radius 1 is 1.33 bits per heavy atom. The van der Waals surface area contributed by atoms with Crippen molar-refractivity contribution in [1.82, 2.24) is 4.90 Å². The van der Waals surface area contributed by atoms with E-state index < -0.39 is 17.6 Å². The van der Waals surface area contributed by atoms with Crippen LogP contribution in [0, 0.1) is 5.92 Å². The van der Waals surface area contributed by atoms with Crippen molar-refractivity contribution in [2.24, 2.45) is 5.92 Å². The first-order valence-electron chi connectivity index (χ1n) is 8.10. The Hall–Kier alpha value is -1.60. The van der Waals surface area contributed by atoms with Gasteiger partial charge in [-0.25, -0.2) is 0 Å². The largest absolute Gasteiger partial charge is 0.418 e. The van der Waals surface area contributed by atoms with Crippen LogP contribution in [0.25, 0.3) is 0 Å². The van der Waals surface area contributed by atoms with Crippen molar-refractivity contribution in [3.8, 4) is 0 Å². The summed E-state index contributed by atoms with van der Waals surface area (Å²) in [6, 6.07) is 4.94. The van der Waals surface area contributed by atoms with Crippen LogP contribution in [0.1, 0.15) is 31.2 Å². The van der Waals surface area contributed by atoms with Crippen LogP contribution in [0.5, 0.6) is 0 Å². The van der Waals surface area contributed by atoms with Gasteiger partial charge in [-0.15, -0.1) is 0 Å². The van der Waals surface area contributed by atoms with E-state index in [2.05, 4.69) is 5.32 Å². The van der Waals surface area contributed by atoms with E-state index in [4.69, 9.17) is 0 Å². The molecule has 1 aromatic rings. The highest BCUT2D eigenvalue weighted by Crippen LogP contribution is 2.34. The van der Waals surface area contributed by atoms with Gasteiger partial charge >= 0.3 is 6.18 Å². The van der Waals surface area contributed by atoms with Gasteiger partial charge in [0.15, 0.2) is 0 Å². The van der Waals surface area contributed by atoms with Crippen LogP contribution in [0.2, 0.25) is 0 Å². The van der Waals surface area contributed by atoms with E-state index in [-0.39, 0.29) is 24.1 Å². The molecule has 4 nitrogen and oxygen atoms in total. The zero-order valence-corrected chi connectivity index (χ0v) is 13.6. The number of hydrogen-bond acceptors (Lipinski definition) is 3. The fraction of sp³-hybridized carbons (Fsp3) is 0.588. The highest BCUT2D eigenvalue weighted by atomic mass is 19.4. The van der Waals surface area contributed by atoms with Crippen LogP contribution in [0.15, 0.2) is 24.3 Å². The summed E-state index contributed by atoms with van der Waals surface area (Å²) in [4.78, 5) is 13.9. The summed E-state index contributed by atoms with van der Waals surface area (Å²) in [6.45, 7) is 1.12. The van der Waals surface area contributed by atoms with Crippen LogP contribution >= 0.6 is 0 Å². The molecule has 24 heavy (non-hydrogen) atoms. The van der Waals surface area contributed by atoms with Crippen LogP contribution in [0.4, 0.5) is 18.9 Å². The lowest BCUT2D eigenvalue weighted by atomic mass is 10.1. The summed E-state index contributed by atoms with van der Waals surface area (Å²) in [5.74, 6) is -0.241. The predicted molar refractivity (Wildman–Crippen MR) is 85.5 cm³/mol. The number of benzene rings is 1. The number of carbonyl (C=O) groups excluding carboxylic acids is 1. The number of para-hydroxylation sites is 1. The van der Waals surface area contributed by atoms with Crippen molar-refractivity contribution in [3.05, 3.63) is 29.8 Å². The molecule has 2 atom stereocenters. The van der Waals surface area contributed by atoms with E-state index in [9.17, 15) is 23.1 Å². The number of aliphatic hydroxyl groups is 1. The molecule has 7 heteroatoms. The van der Waals surface area contributed by atoms with Gasteiger partial charge in [0.05, 0.1) is 17.4 Å². The van der Waals surface area contributed by atoms with E-state index in [1.165, 1.54) is 18.2 Å². The number of alkyl halides is 3. The number of carbonyl (C=O) groups is 1. The number of halogens is 3. The molecule has 2 N–H and O–H groups in total. The molecule has 1 amide bonds. The minimum Gasteiger partial charge on any atom is -0.393 e. The molecule has 1 aliphatic carbocycles. The SMILES string of the molecule is CN(CCC(=O)Nc1ccccc1C(F)(F)F)CC1CCCC1O. The van der Waals surface area contributed by atoms with Crippen molar-refractivity contribution < 1.29 is 23.1 Å². The van der Waals surface area contributed by atoms with Gasteiger partial charge in [-0.1, -0.05) is 18.6 Å². The summed E-state index contributed by atoms with van der Waals surface area (Å²) in [5.41, 5.74) is -1.07. The smallest absolute Gasteiger partial charge is 0.393 e. The Morgan fingerprint density at radius 2 is 2.04 bits per heavy atom. The molecule has 0 bridgehead atoms. The van der Waals surface area contributed by atoms with Crippen LogP contribution in [0.3, 0.4) is 0 Å². The number of nitrogens with one attached hydrogen (secondary N) is 1. The van der Waals surface area contributed by atoms with Gasteiger partial charge in [-0.2, -0.15) is 13.2 Å². The quantitative estimate of drug-likeness (QED) is 0.834. The fourth-order valence-electron chi connectivity index (χ4n) is 3.07. The normalized spacial score (nSPS) is 21.2. The molecule has 1 aliphatic rings. The summed E-state index contributed by atoms with van der Waals surface area (Å²) >= 11 is 0. The molecule has 1 aromatic carbocycles. The third kappa shape index (κ3) is 5.21. The number of amides is 1. The third-order valence-electron chi connectivity index (χ3n) is 4.39. The average molecular weight is 344 g/mol. The van der Waals surface area contributed by atoms with Gasteiger partial charge in [0.1, 0.15) is 0 Å². The maximum absolute atomic E-state index is 12.9. The molecule has 0 heterocycles. The molecule has 0 saturated heterocycles. The minimum absolute atomic E-state index is 0.103. The molecular formula is C17H23F3N2O2. The van der Waals surface area contributed by atoms with Crippen molar-refractivity contribution in [3.63, 3.8) is 0 Å². The number of hydrogen-bond donors (Lipinski definition) is 2. The van der Waals surface area contributed by atoms with E-state index in [1.54, 1.807) is 0 Å². The molecule has 0 radical (unpaired) electrons. The molecule has 2 rings (SSSR count). The van der Waals surface area contributed by atoms with E-state index in [0.29, 0.717) is 13.1 Å². The first kappa shape index (κ1) is 18.7. The fourth-order valence-corrected chi connectivity index (χ4v) is 3.07. The van der Waals surface area contributed by atoms with Gasteiger partial charge in [0.25, 0.3) is 0 Å². The Bertz CT molecular complexity index is 563. The van der Waals surface area contributed by atoms with Crippen molar-refractivity contribution >= 4 is 11.6 Å². The lowest BCUT2D eigenvalue weighted by Crippen LogP contribution is -2.32. The lowest BCUT2D eigenvalue weighted by Gasteiger charge is -2.23. The molecule has 1 saturated carbocycles. The highest BCUT2D eigenvalue weighted by molar-refractivity contribution is 5.91. The zero-order valence-electron chi connectivity index (χ0n) is 13.6. The standard InChI is InChI=1S/C17H23F3N2O2/c1-22(11-12-5-4-8-15(12)23)10-9-16(24)21-14-7-3-2-6-13(14)17(18,19)20/h2-3,6-7,12,15,23H,4-5,8-11H2,1H3,(H,21,24).